The third kappa shape index (κ3) is 46.5. The van der Waals surface area contributed by atoms with Crippen molar-refractivity contribution in [2.24, 2.45) is 11.8 Å². The number of unbranched alkanes of at least 4 members (excludes halogenated alkanes) is 15. The molecule has 394 valence electrons. The maximum Gasteiger partial charge on any atom is 0.306 e. The predicted molar refractivity (Wildman–Crippen MR) is 268 cm³/mol. The summed E-state index contributed by atoms with van der Waals surface area (Å²) in [6.45, 7) is 14.0. The van der Waals surface area contributed by atoms with Gasteiger partial charge in [0.15, 0.2) is 0 Å². The zero-order valence-electron chi connectivity index (χ0n) is 42.3. The SMILES string of the molecule is C.CCCCCCCCCCCCCCCCCC(=O)CC(CCC(=O)NCCOCCOCCC(=O)NCCOCCOCCC(=O)NCCCCC(NC(C)C)C(=O)CC(C)C)C(=O)O. The Kier molecular flexibility index (Phi) is 47.4. The minimum absolute atomic E-state index is 0. The van der Waals surface area contributed by atoms with Crippen molar-refractivity contribution in [3.63, 3.8) is 0 Å². The number of ether oxygens (including phenoxy) is 4. The normalized spacial score (nSPS) is 12.2. The molecule has 0 saturated carbocycles. The minimum atomic E-state index is -1.04. The van der Waals surface area contributed by atoms with Gasteiger partial charge in [0, 0.05) is 64.2 Å². The predicted octanol–water partition coefficient (Wildman–Crippen LogP) is 8.67. The van der Waals surface area contributed by atoms with Crippen LogP contribution in [-0.4, -0.2) is 125 Å². The quantitative estimate of drug-likeness (QED) is 0.0363. The van der Waals surface area contributed by atoms with E-state index in [9.17, 15) is 33.9 Å². The van der Waals surface area contributed by atoms with Crippen molar-refractivity contribution in [2.75, 3.05) is 72.5 Å². The Bertz CT molecular complexity index is 1240. The highest BCUT2D eigenvalue weighted by molar-refractivity contribution is 5.85. The van der Waals surface area contributed by atoms with Gasteiger partial charge >= 0.3 is 5.97 Å². The number of carboxylic acids is 1. The fraction of sp³-hybridized carbons (Fsp3) is 0.885. The van der Waals surface area contributed by atoms with E-state index >= 15 is 0 Å². The Hall–Kier alpha value is -2.98. The second-order valence-electron chi connectivity index (χ2n) is 18.4. The first-order valence-electron chi connectivity index (χ1n) is 26.0. The molecule has 0 saturated heterocycles. The van der Waals surface area contributed by atoms with Crippen molar-refractivity contribution >= 4 is 35.3 Å². The van der Waals surface area contributed by atoms with Crippen LogP contribution in [0.1, 0.15) is 203 Å². The van der Waals surface area contributed by atoms with E-state index in [1.165, 1.54) is 77.0 Å². The summed E-state index contributed by atoms with van der Waals surface area (Å²) in [4.78, 5) is 73.1. The molecule has 15 nitrogen and oxygen atoms in total. The molecule has 0 heterocycles. The molecule has 0 aromatic rings. The van der Waals surface area contributed by atoms with E-state index in [-0.39, 0.29) is 101 Å². The first-order valence-corrected chi connectivity index (χ1v) is 26.0. The van der Waals surface area contributed by atoms with Gasteiger partial charge in [0.1, 0.15) is 11.6 Å². The molecule has 0 aliphatic rings. The lowest BCUT2D eigenvalue weighted by Gasteiger charge is -2.21. The van der Waals surface area contributed by atoms with Gasteiger partial charge in [-0.05, 0) is 38.0 Å². The maximum atomic E-state index is 12.5. The van der Waals surface area contributed by atoms with Crippen LogP contribution in [-0.2, 0) is 47.7 Å². The number of aliphatic carboxylic acids is 1. The van der Waals surface area contributed by atoms with Crippen LogP contribution in [0.3, 0.4) is 0 Å². The van der Waals surface area contributed by atoms with Crippen LogP contribution in [0, 0.1) is 11.8 Å². The number of carboxylic acid groups (broad SMARTS) is 1. The molecule has 0 radical (unpaired) electrons. The van der Waals surface area contributed by atoms with E-state index in [1.807, 2.05) is 13.8 Å². The van der Waals surface area contributed by atoms with E-state index in [0.717, 1.165) is 38.5 Å². The van der Waals surface area contributed by atoms with Crippen molar-refractivity contribution < 1.29 is 52.8 Å². The topological polar surface area (TPSA) is 208 Å². The molecule has 0 aromatic heterocycles. The van der Waals surface area contributed by atoms with Crippen LogP contribution >= 0.6 is 0 Å². The van der Waals surface area contributed by atoms with Crippen LogP contribution in [0.25, 0.3) is 0 Å². The third-order valence-corrected chi connectivity index (χ3v) is 11.2. The Morgan fingerprint density at radius 2 is 0.896 bits per heavy atom. The van der Waals surface area contributed by atoms with Gasteiger partial charge in [0.25, 0.3) is 0 Å². The summed E-state index contributed by atoms with van der Waals surface area (Å²) in [7, 11) is 0. The van der Waals surface area contributed by atoms with Gasteiger partial charge in [-0.3, -0.25) is 28.8 Å². The van der Waals surface area contributed by atoms with Gasteiger partial charge in [0.2, 0.25) is 17.7 Å². The molecule has 67 heavy (non-hydrogen) atoms. The first-order chi connectivity index (χ1) is 31.8. The summed E-state index contributed by atoms with van der Waals surface area (Å²) >= 11 is 0. The Labute approximate surface area is 407 Å². The minimum Gasteiger partial charge on any atom is -0.481 e. The van der Waals surface area contributed by atoms with Crippen LogP contribution in [0.5, 0.6) is 0 Å². The molecule has 0 spiro atoms. The maximum absolute atomic E-state index is 12.5. The van der Waals surface area contributed by atoms with Crippen molar-refractivity contribution in [2.45, 2.75) is 215 Å². The van der Waals surface area contributed by atoms with Crippen LogP contribution in [0.4, 0.5) is 0 Å². The summed E-state index contributed by atoms with van der Waals surface area (Å²) in [5, 5.41) is 21.4. The molecule has 0 rings (SSSR count). The standard InChI is InChI=1S/C51H96N4O11.CH4/c1-6-7-8-9-10-11-12-13-14-15-16-17-18-19-20-23-45(56)41-44(51(61)62)25-26-48(58)53-30-34-65-38-37-64-33-28-50(60)54-31-35-66-39-36-63-32-27-49(59)52-29-22-21-24-46(55-43(4)5)47(57)40-42(2)3;/h42-44,46,55H,6-41H2,1-5H3,(H,52,59)(H,53,58)(H,54,60)(H,61,62);1H4. The fourth-order valence-corrected chi connectivity index (χ4v) is 7.44. The van der Waals surface area contributed by atoms with Gasteiger partial charge in [-0.15, -0.1) is 0 Å². The molecule has 0 aliphatic heterocycles. The van der Waals surface area contributed by atoms with E-state index < -0.39 is 11.9 Å². The molecule has 2 unspecified atom stereocenters. The largest absolute Gasteiger partial charge is 0.481 e. The molecule has 3 amide bonds. The first kappa shape index (κ1) is 66.1. The number of Topliss-reactive ketones (excluding diaryl/α,β-unsaturated/α-hetero) is 2. The Balaban J connectivity index is 0. The van der Waals surface area contributed by atoms with Gasteiger partial charge in [0.05, 0.1) is 64.8 Å². The third-order valence-electron chi connectivity index (χ3n) is 11.2. The monoisotopic (exact) mass is 957 g/mol. The Morgan fingerprint density at radius 1 is 0.463 bits per heavy atom. The zero-order chi connectivity index (χ0) is 48.9. The van der Waals surface area contributed by atoms with Gasteiger partial charge in [-0.25, -0.2) is 0 Å². The van der Waals surface area contributed by atoms with Gasteiger partial charge < -0.3 is 45.3 Å². The molecule has 5 N–H and O–H groups in total. The second kappa shape index (κ2) is 48.1. The van der Waals surface area contributed by atoms with E-state index in [1.54, 1.807) is 0 Å². The zero-order valence-corrected chi connectivity index (χ0v) is 42.3. The van der Waals surface area contributed by atoms with Crippen molar-refractivity contribution in [3.8, 4) is 0 Å². The lowest BCUT2D eigenvalue weighted by atomic mass is 9.94. The van der Waals surface area contributed by atoms with Crippen molar-refractivity contribution in [1.82, 2.24) is 21.3 Å². The summed E-state index contributed by atoms with van der Waals surface area (Å²) in [6, 6.07) is 0.101. The van der Waals surface area contributed by atoms with E-state index in [2.05, 4.69) is 42.0 Å². The van der Waals surface area contributed by atoms with Gasteiger partial charge in [-0.1, -0.05) is 132 Å². The second-order valence-corrected chi connectivity index (χ2v) is 18.4. The summed E-state index contributed by atoms with van der Waals surface area (Å²) < 4.78 is 21.9. The van der Waals surface area contributed by atoms with Crippen LogP contribution in [0.15, 0.2) is 0 Å². The van der Waals surface area contributed by atoms with Crippen LogP contribution in [0.2, 0.25) is 0 Å². The van der Waals surface area contributed by atoms with Crippen molar-refractivity contribution in [3.05, 3.63) is 0 Å². The molecule has 15 heteroatoms. The number of hydrogen-bond acceptors (Lipinski definition) is 11. The van der Waals surface area contributed by atoms with Crippen LogP contribution < -0.4 is 21.3 Å². The summed E-state index contributed by atoms with van der Waals surface area (Å²) in [5.74, 6) is -1.88. The average Bonchev–Trinajstić information content (AvgIpc) is 3.26. The molecule has 0 aliphatic carbocycles. The van der Waals surface area contributed by atoms with Gasteiger partial charge in [-0.2, -0.15) is 0 Å². The highest BCUT2D eigenvalue weighted by atomic mass is 16.5. The number of carbonyl (C=O) groups excluding carboxylic acids is 5. The molecular weight excluding hydrogens is 857 g/mol. The molecular formula is C52H100N4O11. The van der Waals surface area contributed by atoms with E-state index in [0.29, 0.717) is 71.5 Å². The molecule has 0 fully saturated rings. The number of carbonyl (C=O) groups is 6. The highest BCUT2D eigenvalue weighted by Crippen LogP contribution is 2.17. The number of rotatable bonds is 50. The lowest BCUT2D eigenvalue weighted by Crippen LogP contribution is -2.41. The van der Waals surface area contributed by atoms with Crippen molar-refractivity contribution in [1.29, 1.82) is 0 Å². The molecule has 0 bridgehead atoms. The molecule has 0 aromatic carbocycles. The van der Waals surface area contributed by atoms with E-state index in [4.69, 9.17) is 18.9 Å². The number of hydrogen-bond donors (Lipinski definition) is 5. The number of amides is 3. The average molecular weight is 957 g/mol. The summed E-state index contributed by atoms with van der Waals surface area (Å²) in [5.41, 5.74) is 0. The summed E-state index contributed by atoms with van der Waals surface area (Å²) in [6.07, 6.45) is 22.7. The number of nitrogens with one attached hydrogen (secondary N) is 4. The molecule has 2 atom stereocenters. The lowest BCUT2D eigenvalue weighted by molar-refractivity contribution is -0.144. The fourth-order valence-electron chi connectivity index (χ4n) is 7.44. The Morgan fingerprint density at radius 3 is 1.34 bits per heavy atom. The smallest absolute Gasteiger partial charge is 0.306 e. The highest BCUT2D eigenvalue weighted by Gasteiger charge is 2.22. The number of ketones is 2.